The smallest absolute Gasteiger partial charge is 0.160 e. The first kappa shape index (κ1) is 17.4. The summed E-state index contributed by atoms with van der Waals surface area (Å²) in [5.74, 6) is 0.136. The van der Waals surface area contributed by atoms with E-state index in [0.717, 1.165) is 52.4 Å². The number of fused-ring (bicyclic) bond motifs is 3. The normalized spacial score (nSPS) is 11.4. The molecule has 0 spiro atoms. The van der Waals surface area contributed by atoms with E-state index < -0.39 is 0 Å². The van der Waals surface area contributed by atoms with E-state index in [1.54, 1.807) is 13.8 Å². The third-order valence-electron chi connectivity index (χ3n) is 4.86. The van der Waals surface area contributed by atoms with Gasteiger partial charge in [-0.1, -0.05) is 6.92 Å². The highest BCUT2D eigenvalue weighted by Gasteiger charge is 2.18. The Balaban J connectivity index is 2.46. The zero-order chi connectivity index (χ0) is 18.1. The first-order chi connectivity index (χ1) is 12.0. The lowest BCUT2D eigenvalue weighted by Crippen LogP contribution is -2.14. The maximum atomic E-state index is 12.1. The van der Waals surface area contributed by atoms with Crippen molar-refractivity contribution in [1.29, 1.82) is 0 Å². The van der Waals surface area contributed by atoms with Gasteiger partial charge in [0.2, 0.25) is 0 Å². The molecule has 4 nitrogen and oxygen atoms in total. The Morgan fingerprint density at radius 3 is 2.36 bits per heavy atom. The third kappa shape index (κ3) is 2.87. The average molecular weight is 336 g/mol. The van der Waals surface area contributed by atoms with Crippen molar-refractivity contribution in [2.75, 3.05) is 13.6 Å². The quantitative estimate of drug-likeness (QED) is 0.693. The van der Waals surface area contributed by atoms with E-state index in [4.69, 9.17) is 0 Å². The van der Waals surface area contributed by atoms with Crippen LogP contribution in [0.15, 0.2) is 30.3 Å². The van der Waals surface area contributed by atoms with E-state index in [1.165, 1.54) is 0 Å². The number of hydrogen-bond acceptors (Lipinski definition) is 3. The summed E-state index contributed by atoms with van der Waals surface area (Å²) in [4.78, 5) is 24.0. The Kier molecular flexibility index (Phi) is 4.73. The van der Waals surface area contributed by atoms with Crippen LogP contribution in [-0.2, 0) is 13.0 Å². The maximum Gasteiger partial charge on any atom is 0.160 e. The number of Topliss-reactive ketones (excluding diaryl/α,β-unsaturated/α-hetero) is 2. The molecule has 0 aliphatic rings. The highest BCUT2D eigenvalue weighted by atomic mass is 16.1. The molecule has 25 heavy (non-hydrogen) atoms. The van der Waals surface area contributed by atoms with Crippen LogP contribution >= 0.6 is 0 Å². The van der Waals surface area contributed by atoms with Gasteiger partial charge in [0.15, 0.2) is 11.6 Å². The summed E-state index contributed by atoms with van der Waals surface area (Å²) in [6, 6.07) is 9.85. The van der Waals surface area contributed by atoms with E-state index in [1.807, 2.05) is 37.4 Å². The molecule has 0 unspecified atom stereocenters. The van der Waals surface area contributed by atoms with Gasteiger partial charge in [-0.3, -0.25) is 9.59 Å². The topological polar surface area (TPSA) is 51.1 Å². The second-order valence-electron chi connectivity index (χ2n) is 6.44. The van der Waals surface area contributed by atoms with E-state index in [-0.39, 0.29) is 11.6 Å². The summed E-state index contributed by atoms with van der Waals surface area (Å²) in [5, 5.41) is 5.35. The summed E-state index contributed by atoms with van der Waals surface area (Å²) < 4.78 is 2.27. The molecule has 0 aliphatic heterocycles. The van der Waals surface area contributed by atoms with Crippen LogP contribution in [-0.4, -0.2) is 29.7 Å². The van der Waals surface area contributed by atoms with Gasteiger partial charge in [-0.25, -0.2) is 0 Å². The van der Waals surface area contributed by atoms with E-state index in [9.17, 15) is 9.59 Å². The highest BCUT2D eigenvalue weighted by Crippen LogP contribution is 2.34. The van der Waals surface area contributed by atoms with Crippen LogP contribution in [0, 0.1) is 0 Å². The standard InChI is InChI=1S/C21H24N2O2/c1-5-16-17(14(3)25)7-9-20-21(16)18-12-15(13(2)24)6-8-19(18)23(20)11-10-22-4/h6-9,12,22H,5,10-11H2,1-4H3. The molecule has 0 radical (unpaired) electrons. The molecule has 0 amide bonds. The number of hydrogen-bond donors (Lipinski definition) is 1. The van der Waals surface area contributed by atoms with Crippen molar-refractivity contribution in [3.05, 3.63) is 47.0 Å². The number of likely N-dealkylation sites (N-methyl/N-ethyl adjacent to an activating group) is 1. The van der Waals surface area contributed by atoms with Gasteiger partial charge < -0.3 is 9.88 Å². The van der Waals surface area contributed by atoms with Crippen molar-refractivity contribution in [3.63, 3.8) is 0 Å². The SMILES string of the molecule is CCc1c(C(C)=O)ccc2c1c1cc(C(C)=O)ccc1n2CCNC. The summed E-state index contributed by atoms with van der Waals surface area (Å²) in [5.41, 5.74) is 4.77. The minimum atomic E-state index is 0.0544. The predicted octanol–water partition coefficient (Wildman–Crippen LogP) is 3.98. The molecule has 0 bridgehead atoms. The van der Waals surface area contributed by atoms with Gasteiger partial charge in [-0.15, -0.1) is 0 Å². The van der Waals surface area contributed by atoms with Crippen molar-refractivity contribution in [1.82, 2.24) is 9.88 Å². The zero-order valence-electron chi connectivity index (χ0n) is 15.3. The Hall–Kier alpha value is -2.46. The predicted molar refractivity (Wildman–Crippen MR) is 103 cm³/mol. The molecule has 2 aromatic carbocycles. The molecule has 1 heterocycles. The van der Waals surface area contributed by atoms with Crippen molar-refractivity contribution < 1.29 is 9.59 Å². The van der Waals surface area contributed by atoms with Gasteiger partial charge in [0.1, 0.15) is 0 Å². The van der Waals surface area contributed by atoms with Crippen LogP contribution in [0.5, 0.6) is 0 Å². The molecule has 0 atom stereocenters. The highest BCUT2D eigenvalue weighted by molar-refractivity contribution is 6.14. The lowest BCUT2D eigenvalue weighted by Gasteiger charge is -2.09. The summed E-state index contributed by atoms with van der Waals surface area (Å²) >= 11 is 0. The minimum absolute atomic E-state index is 0.0544. The Labute approximate surface area is 147 Å². The van der Waals surface area contributed by atoms with Crippen LogP contribution < -0.4 is 5.32 Å². The number of carbonyl (C=O) groups excluding carboxylic acids is 2. The molecule has 1 N–H and O–H groups in total. The molecular weight excluding hydrogens is 312 g/mol. The number of aryl methyl sites for hydroxylation is 1. The van der Waals surface area contributed by atoms with Gasteiger partial charge in [-0.05, 0) is 63.2 Å². The number of benzene rings is 2. The second kappa shape index (κ2) is 6.81. The van der Waals surface area contributed by atoms with Crippen LogP contribution in [0.25, 0.3) is 21.8 Å². The molecule has 0 saturated heterocycles. The number of rotatable bonds is 6. The molecular formula is C21H24N2O2. The second-order valence-corrected chi connectivity index (χ2v) is 6.44. The lowest BCUT2D eigenvalue weighted by atomic mass is 9.96. The number of carbonyl (C=O) groups is 2. The number of nitrogens with zero attached hydrogens (tertiary/aromatic N) is 1. The van der Waals surface area contributed by atoms with Gasteiger partial charge in [-0.2, -0.15) is 0 Å². The molecule has 1 aromatic heterocycles. The molecule has 3 rings (SSSR count). The monoisotopic (exact) mass is 336 g/mol. The molecule has 3 aromatic rings. The largest absolute Gasteiger partial charge is 0.339 e. The van der Waals surface area contributed by atoms with Crippen LogP contribution in [0.4, 0.5) is 0 Å². The Morgan fingerprint density at radius 1 is 1.04 bits per heavy atom. The van der Waals surface area contributed by atoms with Crippen LogP contribution in [0.1, 0.15) is 47.1 Å². The van der Waals surface area contributed by atoms with Gasteiger partial charge in [0.05, 0.1) is 0 Å². The van der Waals surface area contributed by atoms with E-state index in [0.29, 0.717) is 5.56 Å². The first-order valence-corrected chi connectivity index (χ1v) is 8.73. The summed E-state index contributed by atoms with van der Waals surface area (Å²) in [6.45, 7) is 6.96. The first-order valence-electron chi connectivity index (χ1n) is 8.73. The summed E-state index contributed by atoms with van der Waals surface area (Å²) in [6.07, 6.45) is 0.779. The maximum absolute atomic E-state index is 12.1. The third-order valence-corrected chi connectivity index (χ3v) is 4.86. The van der Waals surface area contributed by atoms with Crippen molar-refractivity contribution in [2.24, 2.45) is 0 Å². The Bertz CT molecular complexity index is 983. The minimum Gasteiger partial charge on any atom is -0.339 e. The van der Waals surface area contributed by atoms with Crippen molar-refractivity contribution in [2.45, 2.75) is 33.7 Å². The molecule has 0 fully saturated rings. The fourth-order valence-electron chi connectivity index (χ4n) is 3.64. The van der Waals surface area contributed by atoms with Crippen molar-refractivity contribution >= 4 is 33.4 Å². The summed E-state index contributed by atoms with van der Waals surface area (Å²) in [7, 11) is 1.94. The van der Waals surface area contributed by atoms with Crippen LogP contribution in [0.2, 0.25) is 0 Å². The molecule has 0 saturated carbocycles. The molecule has 0 aliphatic carbocycles. The van der Waals surface area contributed by atoms with Gasteiger partial charge in [0.25, 0.3) is 0 Å². The molecule has 130 valence electrons. The van der Waals surface area contributed by atoms with Gasteiger partial charge >= 0.3 is 0 Å². The number of nitrogens with one attached hydrogen (secondary N) is 1. The number of aromatic nitrogens is 1. The number of ketones is 2. The fourth-order valence-corrected chi connectivity index (χ4v) is 3.64. The van der Waals surface area contributed by atoms with Crippen LogP contribution in [0.3, 0.4) is 0 Å². The zero-order valence-corrected chi connectivity index (χ0v) is 15.3. The fraction of sp³-hybridized carbons (Fsp3) is 0.333. The lowest BCUT2D eigenvalue weighted by molar-refractivity contribution is 0.100. The Morgan fingerprint density at radius 2 is 1.76 bits per heavy atom. The molecule has 4 heteroatoms. The van der Waals surface area contributed by atoms with E-state index >= 15 is 0 Å². The van der Waals surface area contributed by atoms with E-state index in [2.05, 4.69) is 16.8 Å². The average Bonchev–Trinajstić information content (AvgIpc) is 2.91. The van der Waals surface area contributed by atoms with Gasteiger partial charge in [0, 0.05) is 46.0 Å². The van der Waals surface area contributed by atoms with Crippen molar-refractivity contribution in [3.8, 4) is 0 Å².